The molecule has 0 spiro atoms. The van der Waals surface area contributed by atoms with Crippen LogP contribution in [0.15, 0.2) is 54.6 Å². The first-order valence-corrected chi connectivity index (χ1v) is 7.57. The number of benzene rings is 2. The quantitative estimate of drug-likeness (QED) is 0.851. The molecule has 0 aromatic heterocycles. The van der Waals surface area contributed by atoms with Gasteiger partial charge in [0.2, 0.25) is 5.12 Å². The van der Waals surface area contributed by atoms with E-state index in [1.807, 2.05) is 24.3 Å². The Morgan fingerprint density at radius 1 is 1.00 bits per heavy atom. The van der Waals surface area contributed by atoms with Crippen LogP contribution in [0.3, 0.4) is 0 Å². The van der Waals surface area contributed by atoms with Gasteiger partial charge >= 0.3 is 0 Å². The minimum atomic E-state index is 0.163. The maximum absolute atomic E-state index is 12.2. The fourth-order valence-corrected chi connectivity index (χ4v) is 4.21. The van der Waals surface area contributed by atoms with Gasteiger partial charge in [-0.05, 0) is 25.2 Å². The van der Waals surface area contributed by atoms with Crippen molar-refractivity contribution in [3.05, 3.63) is 71.3 Å². The first kappa shape index (κ1) is 13.4. The maximum atomic E-state index is 12.2. The second-order valence-corrected chi connectivity index (χ2v) is 6.35. The third-order valence-corrected chi connectivity index (χ3v) is 4.91. The SMILES string of the molecule is CN(C)[C@H](c1ccccc1)[C@H]1SC(=O)c2ccccc21. The van der Waals surface area contributed by atoms with Gasteiger partial charge in [-0.3, -0.25) is 4.79 Å². The molecule has 0 fully saturated rings. The van der Waals surface area contributed by atoms with Crippen molar-refractivity contribution < 1.29 is 4.79 Å². The molecule has 2 atom stereocenters. The summed E-state index contributed by atoms with van der Waals surface area (Å²) >= 11 is 1.45. The second kappa shape index (κ2) is 5.43. The van der Waals surface area contributed by atoms with Crippen molar-refractivity contribution in [3.63, 3.8) is 0 Å². The number of likely N-dealkylation sites (N-methyl/N-ethyl adjacent to an activating group) is 1. The molecule has 0 unspecified atom stereocenters. The predicted molar refractivity (Wildman–Crippen MR) is 84.0 cm³/mol. The monoisotopic (exact) mass is 283 g/mol. The average molecular weight is 283 g/mol. The van der Waals surface area contributed by atoms with Crippen LogP contribution in [0.1, 0.15) is 32.8 Å². The van der Waals surface area contributed by atoms with E-state index in [-0.39, 0.29) is 16.4 Å². The van der Waals surface area contributed by atoms with Gasteiger partial charge in [0.15, 0.2) is 0 Å². The van der Waals surface area contributed by atoms with E-state index in [1.165, 1.54) is 17.3 Å². The molecular weight excluding hydrogens is 266 g/mol. The number of carbonyl (C=O) groups excluding carboxylic acids is 1. The minimum absolute atomic E-state index is 0.163. The van der Waals surface area contributed by atoms with Crippen molar-refractivity contribution in [2.45, 2.75) is 11.3 Å². The van der Waals surface area contributed by atoms with E-state index in [9.17, 15) is 4.79 Å². The molecule has 1 aliphatic rings. The first-order chi connectivity index (χ1) is 9.68. The van der Waals surface area contributed by atoms with Gasteiger partial charge in [0.05, 0.1) is 11.3 Å². The highest BCUT2D eigenvalue weighted by Crippen LogP contribution is 2.50. The lowest BCUT2D eigenvalue weighted by atomic mass is 9.95. The second-order valence-electron chi connectivity index (χ2n) is 5.23. The van der Waals surface area contributed by atoms with E-state index in [0.717, 1.165) is 11.1 Å². The Hall–Kier alpha value is -1.58. The molecule has 2 aromatic carbocycles. The molecule has 1 heterocycles. The normalized spacial score (nSPS) is 19.1. The zero-order chi connectivity index (χ0) is 14.1. The number of rotatable bonds is 3. The molecule has 0 bridgehead atoms. The molecule has 0 radical (unpaired) electrons. The maximum Gasteiger partial charge on any atom is 0.220 e. The van der Waals surface area contributed by atoms with Crippen LogP contribution in [0.25, 0.3) is 0 Å². The van der Waals surface area contributed by atoms with Crippen molar-refractivity contribution in [1.29, 1.82) is 0 Å². The molecule has 102 valence electrons. The molecule has 0 saturated carbocycles. The van der Waals surface area contributed by atoms with Crippen LogP contribution in [0, 0.1) is 0 Å². The largest absolute Gasteiger partial charge is 0.301 e. The van der Waals surface area contributed by atoms with E-state index in [4.69, 9.17) is 0 Å². The molecule has 0 amide bonds. The molecule has 3 heteroatoms. The van der Waals surface area contributed by atoms with Crippen molar-refractivity contribution in [3.8, 4) is 0 Å². The highest BCUT2D eigenvalue weighted by molar-refractivity contribution is 8.14. The summed E-state index contributed by atoms with van der Waals surface area (Å²) in [6.07, 6.45) is 0. The van der Waals surface area contributed by atoms with E-state index < -0.39 is 0 Å². The number of nitrogens with zero attached hydrogens (tertiary/aromatic N) is 1. The summed E-state index contributed by atoms with van der Waals surface area (Å²) in [5.74, 6) is 0. The highest BCUT2D eigenvalue weighted by Gasteiger charge is 2.37. The molecule has 3 rings (SSSR count). The third-order valence-electron chi connectivity index (χ3n) is 3.71. The Kier molecular flexibility index (Phi) is 3.64. The van der Waals surface area contributed by atoms with Gasteiger partial charge in [-0.15, -0.1) is 0 Å². The Morgan fingerprint density at radius 3 is 2.35 bits per heavy atom. The van der Waals surface area contributed by atoms with Crippen molar-refractivity contribution >= 4 is 16.9 Å². The molecular formula is C17H17NOS. The van der Waals surface area contributed by atoms with Gasteiger partial charge in [-0.25, -0.2) is 0 Å². The van der Waals surface area contributed by atoms with E-state index in [1.54, 1.807) is 0 Å². The van der Waals surface area contributed by atoms with Gasteiger partial charge in [0, 0.05) is 5.56 Å². The fourth-order valence-electron chi connectivity index (χ4n) is 2.80. The molecule has 2 nitrogen and oxygen atoms in total. The van der Waals surface area contributed by atoms with E-state index in [0.29, 0.717) is 0 Å². The topological polar surface area (TPSA) is 20.3 Å². The van der Waals surface area contributed by atoms with Crippen LogP contribution in [-0.4, -0.2) is 24.1 Å². The number of hydrogen-bond acceptors (Lipinski definition) is 3. The van der Waals surface area contributed by atoms with Gasteiger partial charge in [0.25, 0.3) is 0 Å². The summed E-state index contributed by atoms with van der Waals surface area (Å²) < 4.78 is 0. The van der Waals surface area contributed by atoms with Crippen LogP contribution in [0.2, 0.25) is 0 Å². The van der Waals surface area contributed by atoms with Crippen LogP contribution < -0.4 is 0 Å². The van der Waals surface area contributed by atoms with Crippen LogP contribution >= 0.6 is 11.8 Å². The number of carbonyl (C=O) groups is 1. The lowest BCUT2D eigenvalue weighted by molar-refractivity contribution is 0.109. The van der Waals surface area contributed by atoms with Crippen molar-refractivity contribution in [2.24, 2.45) is 0 Å². The van der Waals surface area contributed by atoms with Gasteiger partial charge < -0.3 is 4.90 Å². The summed E-state index contributed by atoms with van der Waals surface area (Å²) in [6.45, 7) is 0. The zero-order valence-corrected chi connectivity index (χ0v) is 12.4. The summed E-state index contributed by atoms with van der Waals surface area (Å²) in [5, 5.41) is 0.351. The van der Waals surface area contributed by atoms with Crippen molar-refractivity contribution in [1.82, 2.24) is 4.90 Å². The fraction of sp³-hybridized carbons (Fsp3) is 0.235. The Balaban J connectivity index is 2.05. The molecule has 0 saturated heterocycles. The average Bonchev–Trinajstić information content (AvgIpc) is 2.78. The lowest BCUT2D eigenvalue weighted by Gasteiger charge is -2.30. The lowest BCUT2D eigenvalue weighted by Crippen LogP contribution is -2.24. The summed E-state index contributed by atoms with van der Waals surface area (Å²) in [6, 6.07) is 18.6. The summed E-state index contributed by atoms with van der Waals surface area (Å²) in [4.78, 5) is 14.4. The Bertz CT molecular complexity index is 624. The molecule has 1 aliphatic heterocycles. The third kappa shape index (κ3) is 2.28. The Labute approximate surface area is 123 Å². The zero-order valence-electron chi connectivity index (χ0n) is 11.6. The van der Waals surface area contributed by atoms with Gasteiger partial charge in [-0.2, -0.15) is 0 Å². The van der Waals surface area contributed by atoms with Crippen LogP contribution in [0.5, 0.6) is 0 Å². The smallest absolute Gasteiger partial charge is 0.220 e. The van der Waals surface area contributed by atoms with Gasteiger partial charge in [0.1, 0.15) is 0 Å². The highest BCUT2D eigenvalue weighted by atomic mass is 32.2. The molecule has 2 aromatic rings. The van der Waals surface area contributed by atoms with E-state index in [2.05, 4.69) is 49.3 Å². The van der Waals surface area contributed by atoms with Crippen LogP contribution in [0.4, 0.5) is 0 Å². The number of hydrogen-bond donors (Lipinski definition) is 0. The van der Waals surface area contributed by atoms with E-state index >= 15 is 0 Å². The first-order valence-electron chi connectivity index (χ1n) is 6.70. The Morgan fingerprint density at radius 2 is 1.65 bits per heavy atom. The minimum Gasteiger partial charge on any atom is -0.301 e. The predicted octanol–water partition coefficient (Wildman–Crippen LogP) is 3.92. The molecule has 0 aliphatic carbocycles. The summed E-state index contributed by atoms with van der Waals surface area (Å²) in [7, 11) is 4.15. The molecule has 20 heavy (non-hydrogen) atoms. The van der Waals surface area contributed by atoms with Gasteiger partial charge in [-0.1, -0.05) is 66.4 Å². The standard InChI is InChI=1S/C17H17NOS/c1-18(2)15(12-8-4-3-5-9-12)16-13-10-6-7-11-14(13)17(19)20-16/h3-11,15-16H,1-2H3/t15-,16+/m1/s1. The number of thioether (sulfide) groups is 1. The van der Waals surface area contributed by atoms with Crippen LogP contribution in [-0.2, 0) is 0 Å². The summed E-state index contributed by atoms with van der Waals surface area (Å²) in [5.41, 5.74) is 3.27. The molecule has 0 N–H and O–H groups in total. The van der Waals surface area contributed by atoms with Crippen molar-refractivity contribution in [2.75, 3.05) is 14.1 Å². The number of fused-ring (bicyclic) bond motifs is 1.